The first kappa shape index (κ1) is 16.7. The molecule has 0 aliphatic rings. The van der Waals surface area contributed by atoms with E-state index in [0.717, 1.165) is 31.0 Å². The van der Waals surface area contributed by atoms with Gasteiger partial charge in [-0.15, -0.1) is 0 Å². The molecule has 4 nitrogen and oxygen atoms in total. The Balaban J connectivity index is 2.21. The van der Waals surface area contributed by atoms with Crippen LogP contribution in [0, 0.1) is 0 Å². The van der Waals surface area contributed by atoms with E-state index in [1.54, 1.807) is 0 Å². The van der Waals surface area contributed by atoms with Gasteiger partial charge < -0.3 is 20.1 Å². The number of benzene rings is 1. The Labute approximate surface area is 126 Å². The van der Waals surface area contributed by atoms with Gasteiger partial charge in [0.1, 0.15) is 5.75 Å². The monoisotopic (exact) mass is 296 g/mol. The normalized spacial score (nSPS) is 10.4. The second-order valence-corrected chi connectivity index (χ2v) is 5.02. The van der Waals surface area contributed by atoms with Crippen LogP contribution in [0.4, 0.5) is 5.69 Å². The quantitative estimate of drug-likeness (QED) is 0.570. The predicted molar refractivity (Wildman–Crippen MR) is 87.5 cm³/mol. The first-order valence-electron chi connectivity index (χ1n) is 7.01. The SMILES string of the molecule is CCOc1ccc(NC(=S)NCCCOC(C)C)cc1. The van der Waals surface area contributed by atoms with E-state index < -0.39 is 0 Å². The maximum Gasteiger partial charge on any atom is 0.170 e. The highest BCUT2D eigenvalue weighted by molar-refractivity contribution is 7.80. The highest BCUT2D eigenvalue weighted by atomic mass is 32.1. The van der Waals surface area contributed by atoms with Crippen LogP contribution < -0.4 is 15.4 Å². The van der Waals surface area contributed by atoms with Crippen LogP contribution in [0.1, 0.15) is 27.2 Å². The lowest BCUT2D eigenvalue weighted by molar-refractivity contribution is 0.0777. The molecule has 0 bridgehead atoms. The zero-order valence-electron chi connectivity index (χ0n) is 12.4. The number of rotatable bonds is 8. The number of ether oxygens (including phenoxy) is 2. The van der Waals surface area contributed by atoms with Crippen LogP contribution in [0.5, 0.6) is 5.75 Å². The van der Waals surface area contributed by atoms with Gasteiger partial charge in [-0.2, -0.15) is 0 Å². The summed E-state index contributed by atoms with van der Waals surface area (Å²) >= 11 is 5.23. The Morgan fingerprint density at radius 2 is 1.95 bits per heavy atom. The summed E-state index contributed by atoms with van der Waals surface area (Å²) in [6, 6.07) is 7.73. The lowest BCUT2D eigenvalue weighted by Crippen LogP contribution is -2.29. The predicted octanol–water partition coefficient (Wildman–Crippen LogP) is 3.19. The molecule has 1 aromatic carbocycles. The van der Waals surface area contributed by atoms with Gasteiger partial charge in [-0.3, -0.25) is 0 Å². The molecule has 0 unspecified atom stereocenters. The summed E-state index contributed by atoms with van der Waals surface area (Å²) in [5, 5.41) is 6.91. The summed E-state index contributed by atoms with van der Waals surface area (Å²) in [4.78, 5) is 0. The smallest absolute Gasteiger partial charge is 0.170 e. The highest BCUT2D eigenvalue weighted by Gasteiger charge is 1.99. The van der Waals surface area contributed by atoms with Gasteiger partial charge in [-0.25, -0.2) is 0 Å². The summed E-state index contributed by atoms with van der Waals surface area (Å²) in [6.45, 7) is 8.25. The standard InChI is InChI=1S/C15H24N2O2S/c1-4-18-14-8-6-13(7-9-14)17-15(20)16-10-5-11-19-12(2)3/h6-9,12H,4-5,10-11H2,1-3H3,(H2,16,17,20). The van der Waals surface area contributed by atoms with Crippen molar-refractivity contribution in [3.05, 3.63) is 24.3 Å². The van der Waals surface area contributed by atoms with E-state index in [1.165, 1.54) is 0 Å². The lowest BCUT2D eigenvalue weighted by Gasteiger charge is -2.12. The first-order valence-corrected chi connectivity index (χ1v) is 7.42. The maximum atomic E-state index is 5.46. The van der Waals surface area contributed by atoms with E-state index >= 15 is 0 Å². The van der Waals surface area contributed by atoms with Crippen LogP contribution >= 0.6 is 12.2 Å². The van der Waals surface area contributed by atoms with E-state index in [0.29, 0.717) is 11.7 Å². The molecule has 1 rings (SSSR count). The molecule has 5 heteroatoms. The van der Waals surface area contributed by atoms with E-state index in [2.05, 4.69) is 10.6 Å². The second-order valence-electron chi connectivity index (χ2n) is 4.61. The Morgan fingerprint density at radius 1 is 1.25 bits per heavy atom. The molecule has 1 aromatic rings. The molecule has 0 amide bonds. The van der Waals surface area contributed by atoms with Gasteiger partial charge in [-0.05, 0) is 63.7 Å². The topological polar surface area (TPSA) is 42.5 Å². The lowest BCUT2D eigenvalue weighted by atomic mass is 10.3. The fourth-order valence-electron chi connectivity index (χ4n) is 1.57. The number of hydrogen-bond donors (Lipinski definition) is 2. The molecular formula is C15H24N2O2S. The molecule has 0 aliphatic heterocycles. The van der Waals surface area contributed by atoms with Crippen molar-refractivity contribution in [2.75, 3.05) is 25.1 Å². The van der Waals surface area contributed by atoms with E-state index in [1.807, 2.05) is 45.0 Å². The molecule has 0 saturated heterocycles. The minimum absolute atomic E-state index is 0.281. The van der Waals surface area contributed by atoms with Crippen molar-refractivity contribution >= 4 is 23.0 Å². The van der Waals surface area contributed by atoms with Crippen LogP contribution in [-0.4, -0.2) is 31.0 Å². The molecule has 0 spiro atoms. The van der Waals surface area contributed by atoms with Gasteiger partial charge in [-0.1, -0.05) is 0 Å². The fourth-order valence-corrected chi connectivity index (χ4v) is 1.79. The number of hydrogen-bond acceptors (Lipinski definition) is 3. The van der Waals surface area contributed by atoms with Gasteiger partial charge in [0.25, 0.3) is 0 Å². The van der Waals surface area contributed by atoms with Crippen LogP contribution in [0.25, 0.3) is 0 Å². The van der Waals surface area contributed by atoms with Gasteiger partial charge >= 0.3 is 0 Å². The van der Waals surface area contributed by atoms with Crippen molar-refractivity contribution in [1.82, 2.24) is 5.32 Å². The van der Waals surface area contributed by atoms with Gasteiger partial charge in [0.2, 0.25) is 0 Å². The molecule has 0 fully saturated rings. The molecule has 2 N–H and O–H groups in total. The summed E-state index contributed by atoms with van der Waals surface area (Å²) < 4.78 is 10.8. The van der Waals surface area contributed by atoms with Gasteiger partial charge in [0, 0.05) is 18.8 Å². The molecule has 0 radical (unpaired) electrons. The van der Waals surface area contributed by atoms with Crippen LogP contribution in [0.2, 0.25) is 0 Å². The third-order valence-corrected chi connectivity index (χ3v) is 2.73. The Morgan fingerprint density at radius 3 is 2.55 bits per heavy atom. The van der Waals surface area contributed by atoms with E-state index in [9.17, 15) is 0 Å². The third-order valence-electron chi connectivity index (χ3n) is 2.48. The summed E-state index contributed by atoms with van der Waals surface area (Å²) in [6.07, 6.45) is 1.22. The molecular weight excluding hydrogens is 272 g/mol. The minimum atomic E-state index is 0.281. The molecule has 20 heavy (non-hydrogen) atoms. The Hall–Kier alpha value is -1.33. The number of anilines is 1. The molecule has 0 heterocycles. The highest BCUT2D eigenvalue weighted by Crippen LogP contribution is 2.15. The molecule has 0 aromatic heterocycles. The summed E-state index contributed by atoms with van der Waals surface area (Å²) in [5.74, 6) is 0.864. The fraction of sp³-hybridized carbons (Fsp3) is 0.533. The first-order chi connectivity index (χ1) is 9.61. The number of thiocarbonyl (C=S) groups is 1. The minimum Gasteiger partial charge on any atom is -0.494 e. The maximum absolute atomic E-state index is 5.46. The van der Waals surface area contributed by atoms with E-state index in [4.69, 9.17) is 21.7 Å². The number of nitrogens with one attached hydrogen (secondary N) is 2. The van der Waals surface area contributed by atoms with Crippen molar-refractivity contribution < 1.29 is 9.47 Å². The molecule has 0 saturated carbocycles. The van der Waals surface area contributed by atoms with Gasteiger partial charge in [0.15, 0.2) is 5.11 Å². The van der Waals surface area contributed by atoms with Crippen LogP contribution in [0.15, 0.2) is 24.3 Å². The zero-order valence-corrected chi connectivity index (χ0v) is 13.3. The van der Waals surface area contributed by atoms with Crippen molar-refractivity contribution in [3.8, 4) is 5.75 Å². The zero-order chi connectivity index (χ0) is 14.8. The van der Waals surface area contributed by atoms with Crippen molar-refractivity contribution in [3.63, 3.8) is 0 Å². The average molecular weight is 296 g/mol. The van der Waals surface area contributed by atoms with Crippen LogP contribution in [0.3, 0.4) is 0 Å². The molecule has 112 valence electrons. The Kier molecular flexibility index (Phi) is 7.99. The van der Waals surface area contributed by atoms with Crippen molar-refractivity contribution in [2.24, 2.45) is 0 Å². The third kappa shape index (κ3) is 7.31. The molecule has 0 atom stereocenters. The van der Waals surface area contributed by atoms with Gasteiger partial charge in [0.05, 0.1) is 12.7 Å². The largest absolute Gasteiger partial charge is 0.494 e. The Bertz CT molecular complexity index is 393. The second kappa shape index (κ2) is 9.55. The van der Waals surface area contributed by atoms with Crippen molar-refractivity contribution in [2.45, 2.75) is 33.3 Å². The summed E-state index contributed by atoms with van der Waals surface area (Å²) in [7, 11) is 0. The van der Waals surface area contributed by atoms with E-state index in [-0.39, 0.29) is 6.10 Å². The summed E-state index contributed by atoms with van der Waals surface area (Å²) in [5.41, 5.74) is 0.949. The van der Waals surface area contributed by atoms with Crippen molar-refractivity contribution in [1.29, 1.82) is 0 Å². The average Bonchev–Trinajstić information content (AvgIpc) is 2.40. The van der Waals surface area contributed by atoms with Crippen LogP contribution in [-0.2, 0) is 4.74 Å². The molecule has 0 aliphatic carbocycles.